The van der Waals surface area contributed by atoms with Gasteiger partial charge in [0.1, 0.15) is 11.9 Å². The van der Waals surface area contributed by atoms with Crippen LogP contribution in [-0.2, 0) is 16.7 Å². The minimum Gasteiger partial charge on any atom is -0.446 e. The summed E-state index contributed by atoms with van der Waals surface area (Å²) in [4.78, 5) is 16.9. The molecule has 0 aromatic heterocycles. The number of carbonyl (C=O) groups excluding carboxylic acids is 1. The van der Waals surface area contributed by atoms with Gasteiger partial charge in [0, 0.05) is 24.4 Å². The highest BCUT2D eigenvalue weighted by atomic mass is 19.1. The third kappa shape index (κ3) is 5.24. The first-order chi connectivity index (χ1) is 17.0. The van der Waals surface area contributed by atoms with E-state index in [0.29, 0.717) is 5.92 Å². The molecule has 2 aromatic rings. The highest BCUT2D eigenvalue weighted by molar-refractivity contribution is 5.65. The molecule has 188 valence electrons. The van der Waals surface area contributed by atoms with Crippen LogP contribution in [-0.4, -0.2) is 54.7 Å². The van der Waals surface area contributed by atoms with Crippen LogP contribution in [0.4, 0.5) is 9.18 Å². The molecule has 1 unspecified atom stereocenters. The predicted molar refractivity (Wildman–Crippen MR) is 135 cm³/mol. The van der Waals surface area contributed by atoms with Gasteiger partial charge < -0.3 is 15.4 Å². The summed E-state index contributed by atoms with van der Waals surface area (Å²) in [6.07, 6.45) is 5.22. The molecule has 5 rings (SSSR count). The molecule has 1 saturated carbocycles. The van der Waals surface area contributed by atoms with Gasteiger partial charge in [-0.15, -0.1) is 0 Å². The number of benzene rings is 2. The molecule has 2 N–H and O–H groups in total. The number of hydrogen-bond acceptors (Lipinski definition) is 4. The number of amides is 1. The minimum absolute atomic E-state index is 0.142. The van der Waals surface area contributed by atoms with Crippen molar-refractivity contribution in [1.29, 1.82) is 0 Å². The smallest absolute Gasteiger partial charge is 0.404 e. The molecule has 35 heavy (non-hydrogen) atoms. The van der Waals surface area contributed by atoms with E-state index in [4.69, 9.17) is 10.5 Å². The number of carbonyl (C=O) groups is 1. The number of hydrogen-bond donors (Lipinski definition) is 1. The second-order valence-electron chi connectivity index (χ2n) is 10.7. The summed E-state index contributed by atoms with van der Waals surface area (Å²) in [5, 5.41) is 0. The fourth-order valence-corrected chi connectivity index (χ4v) is 7.03. The van der Waals surface area contributed by atoms with Gasteiger partial charge in [0.15, 0.2) is 0 Å². The molecule has 5 nitrogen and oxygen atoms in total. The lowest BCUT2D eigenvalue weighted by molar-refractivity contribution is -0.0137. The summed E-state index contributed by atoms with van der Waals surface area (Å²) in [6.45, 7) is 6.05. The third-order valence-electron chi connectivity index (χ3n) is 8.74. The highest BCUT2D eigenvalue weighted by Gasteiger charge is 2.53. The summed E-state index contributed by atoms with van der Waals surface area (Å²) < 4.78 is 20.4. The van der Waals surface area contributed by atoms with Crippen molar-refractivity contribution >= 4 is 6.09 Å². The lowest BCUT2D eigenvalue weighted by Gasteiger charge is -2.53. The number of nitrogens with two attached hydrogens (primary N) is 1. The number of ether oxygens (including phenoxy) is 1. The molecule has 3 aliphatic rings. The van der Waals surface area contributed by atoms with Crippen LogP contribution < -0.4 is 5.73 Å². The number of halogens is 1. The van der Waals surface area contributed by atoms with E-state index < -0.39 is 6.09 Å². The molecule has 1 amide bonds. The summed E-state index contributed by atoms with van der Waals surface area (Å²) in [5.41, 5.74) is 7.65. The van der Waals surface area contributed by atoms with E-state index in [2.05, 4.69) is 46.2 Å². The summed E-state index contributed by atoms with van der Waals surface area (Å²) >= 11 is 0. The van der Waals surface area contributed by atoms with Gasteiger partial charge in [0.05, 0.1) is 0 Å². The Kier molecular flexibility index (Phi) is 7.40. The molecule has 0 radical (unpaired) electrons. The molecule has 3 fully saturated rings. The summed E-state index contributed by atoms with van der Waals surface area (Å²) in [5.74, 6) is 0.337. The molecular weight excluding hydrogens is 441 g/mol. The summed E-state index contributed by atoms with van der Waals surface area (Å²) in [6, 6.07) is 17.9. The van der Waals surface area contributed by atoms with E-state index in [9.17, 15) is 9.18 Å². The van der Waals surface area contributed by atoms with Gasteiger partial charge in [-0.2, -0.15) is 0 Å². The Morgan fingerprint density at radius 1 is 0.943 bits per heavy atom. The molecular formula is C29H38FN3O2. The van der Waals surface area contributed by atoms with Gasteiger partial charge in [0.2, 0.25) is 0 Å². The van der Waals surface area contributed by atoms with E-state index in [0.717, 1.165) is 76.9 Å². The Morgan fingerprint density at radius 2 is 1.71 bits per heavy atom. The van der Waals surface area contributed by atoms with Crippen LogP contribution in [0.25, 0.3) is 0 Å². The van der Waals surface area contributed by atoms with Crippen LogP contribution in [0.3, 0.4) is 0 Å². The van der Waals surface area contributed by atoms with E-state index in [1.54, 1.807) is 6.07 Å². The number of nitrogens with zero attached hydrogens (tertiary/aromatic N) is 2. The fraction of sp³-hybridized carbons (Fsp3) is 0.552. The van der Waals surface area contributed by atoms with Crippen LogP contribution in [0, 0.1) is 17.7 Å². The number of primary amides is 1. The Bertz CT molecular complexity index is 990. The molecule has 0 spiro atoms. The van der Waals surface area contributed by atoms with Crippen LogP contribution in [0.1, 0.15) is 49.7 Å². The zero-order chi connectivity index (χ0) is 24.3. The predicted octanol–water partition coefficient (Wildman–Crippen LogP) is 4.95. The van der Waals surface area contributed by atoms with Crippen molar-refractivity contribution in [2.45, 2.75) is 56.6 Å². The van der Waals surface area contributed by atoms with Crippen LogP contribution in [0.5, 0.6) is 0 Å². The normalized spacial score (nSPS) is 25.6. The van der Waals surface area contributed by atoms with Crippen LogP contribution in [0.15, 0.2) is 54.6 Å². The van der Waals surface area contributed by atoms with Crippen LogP contribution in [0.2, 0.25) is 0 Å². The second kappa shape index (κ2) is 10.7. The number of likely N-dealkylation sites (tertiary alicyclic amines) is 2. The van der Waals surface area contributed by atoms with Gasteiger partial charge in [-0.1, -0.05) is 42.5 Å². The highest BCUT2D eigenvalue weighted by Crippen LogP contribution is 2.52. The molecule has 2 saturated heterocycles. The first-order valence-electron chi connectivity index (χ1n) is 13.3. The maximum Gasteiger partial charge on any atom is 0.404 e. The Balaban J connectivity index is 1.47. The van der Waals surface area contributed by atoms with Gasteiger partial charge in [-0.3, -0.25) is 4.90 Å². The average molecular weight is 480 g/mol. The zero-order valence-corrected chi connectivity index (χ0v) is 20.6. The topological polar surface area (TPSA) is 58.8 Å². The van der Waals surface area contributed by atoms with Gasteiger partial charge in [-0.05, 0) is 93.9 Å². The quantitative estimate of drug-likeness (QED) is 0.582. The third-order valence-corrected chi connectivity index (χ3v) is 8.74. The van der Waals surface area contributed by atoms with Gasteiger partial charge in [0.25, 0.3) is 0 Å². The number of piperidine rings is 1. The molecule has 3 atom stereocenters. The van der Waals surface area contributed by atoms with Gasteiger partial charge >= 0.3 is 6.09 Å². The Labute approximate surface area is 208 Å². The lowest BCUT2D eigenvalue weighted by Crippen LogP contribution is -2.58. The van der Waals surface area contributed by atoms with Crippen molar-refractivity contribution in [3.05, 3.63) is 71.5 Å². The fourth-order valence-electron chi connectivity index (χ4n) is 7.03. The molecule has 2 heterocycles. The zero-order valence-electron chi connectivity index (χ0n) is 20.6. The van der Waals surface area contributed by atoms with Gasteiger partial charge in [-0.25, -0.2) is 9.18 Å². The monoisotopic (exact) mass is 479 g/mol. The molecule has 1 aliphatic carbocycles. The van der Waals surface area contributed by atoms with E-state index >= 15 is 0 Å². The first kappa shape index (κ1) is 24.3. The minimum atomic E-state index is -0.698. The van der Waals surface area contributed by atoms with E-state index in [-0.39, 0.29) is 23.3 Å². The average Bonchev–Trinajstić information content (AvgIpc) is 3.28. The molecule has 6 heteroatoms. The maximum absolute atomic E-state index is 14.7. The van der Waals surface area contributed by atoms with Crippen molar-refractivity contribution < 1.29 is 13.9 Å². The van der Waals surface area contributed by atoms with E-state index in [1.165, 1.54) is 18.1 Å². The summed E-state index contributed by atoms with van der Waals surface area (Å²) in [7, 11) is 0. The number of rotatable bonds is 8. The van der Waals surface area contributed by atoms with E-state index in [1.807, 2.05) is 6.07 Å². The standard InChI is InChI=1S/C29H38FN3O2/c30-25-10-4-9-24(19-25)29(21-33-15-6-16-33,26-11-5-12-27(26)35-28(31)34)23-13-17-32(18-14-23)20-22-7-2-1-3-8-22/h1-4,7-10,19,23,26-27H,5-6,11-18,20-21H2,(H2,31,34)/t26-,27-,29?/m0/s1. The Hall–Kier alpha value is -2.44. The first-order valence-corrected chi connectivity index (χ1v) is 13.3. The molecule has 0 bridgehead atoms. The van der Waals surface area contributed by atoms with Crippen molar-refractivity contribution in [3.63, 3.8) is 0 Å². The second-order valence-corrected chi connectivity index (χ2v) is 10.7. The van der Waals surface area contributed by atoms with Crippen LogP contribution >= 0.6 is 0 Å². The van der Waals surface area contributed by atoms with Crippen molar-refractivity contribution in [3.8, 4) is 0 Å². The SMILES string of the molecule is NC(=O)O[C@H]1CCC[C@@H]1C(CN1CCC1)(c1cccc(F)c1)C1CCN(Cc2ccccc2)CC1. The lowest BCUT2D eigenvalue weighted by atomic mass is 9.58. The molecule has 2 aromatic carbocycles. The largest absolute Gasteiger partial charge is 0.446 e. The maximum atomic E-state index is 14.7. The molecule has 2 aliphatic heterocycles. The van der Waals surface area contributed by atoms with Crippen molar-refractivity contribution in [2.24, 2.45) is 17.6 Å². The van der Waals surface area contributed by atoms with Crippen molar-refractivity contribution in [1.82, 2.24) is 9.80 Å². The Morgan fingerprint density at radius 3 is 2.37 bits per heavy atom. The van der Waals surface area contributed by atoms with Crippen molar-refractivity contribution in [2.75, 3.05) is 32.7 Å².